The first-order valence-electron chi connectivity index (χ1n) is 20.3. The summed E-state index contributed by atoms with van der Waals surface area (Å²) in [6.45, 7) is 8.41. The molecule has 2 aromatic carbocycles. The number of carboxylic acids is 2. The van der Waals surface area contributed by atoms with Crippen molar-refractivity contribution in [1.29, 1.82) is 0 Å². The van der Waals surface area contributed by atoms with Crippen LogP contribution in [0.5, 0.6) is 0 Å². The molecule has 57 heavy (non-hydrogen) atoms. The summed E-state index contributed by atoms with van der Waals surface area (Å²) in [7, 11) is -9.15. The molecule has 2 saturated heterocycles. The summed E-state index contributed by atoms with van der Waals surface area (Å²) in [5, 5.41) is 21.8. The number of nitrogens with zero attached hydrogens (tertiary/aromatic N) is 2. The smallest absolute Gasteiger partial charge is 0.349 e. The van der Waals surface area contributed by atoms with Crippen LogP contribution in [0.25, 0.3) is 0 Å². The van der Waals surface area contributed by atoms with Gasteiger partial charge in [-0.3, -0.25) is 0 Å². The van der Waals surface area contributed by atoms with Crippen LogP contribution >= 0.6 is 0 Å². The molecule has 15 heteroatoms. The molecule has 13 nitrogen and oxygen atoms in total. The topological polar surface area (TPSA) is 177 Å². The van der Waals surface area contributed by atoms with E-state index in [0.29, 0.717) is 45.8 Å². The zero-order valence-corrected chi connectivity index (χ0v) is 34.8. The minimum absolute atomic E-state index is 0.190. The molecule has 4 saturated carbocycles. The second kappa shape index (κ2) is 14.4. The predicted molar refractivity (Wildman–Crippen MR) is 209 cm³/mol. The van der Waals surface area contributed by atoms with E-state index in [4.69, 9.17) is 14.2 Å². The number of rotatable bonds is 16. The molecule has 0 spiro atoms. The first-order valence-corrected chi connectivity index (χ1v) is 23.5. The molecule has 312 valence electrons. The van der Waals surface area contributed by atoms with E-state index < -0.39 is 90.7 Å². The first kappa shape index (κ1) is 40.8. The van der Waals surface area contributed by atoms with Crippen molar-refractivity contribution in [3.63, 3.8) is 0 Å². The largest absolute Gasteiger partial charge is 0.478 e. The van der Waals surface area contributed by atoms with E-state index in [1.807, 2.05) is 0 Å². The Morgan fingerprint density at radius 2 is 1.04 bits per heavy atom. The Kier molecular flexibility index (Phi) is 10.3. The summed E-state index contributed by atoms with van der Waals surface area (Å²) in [5.41, 5.74) is -1.62. The molecule has 2 aromatic rings. The van der Waals surface area contributed by atoms with E-state index in [0.717, 1.165) is 25.7 Å². The maximum atomic E-state index is 15.0. The van der Waals surface area contributed by atoms with Gasteiger partial charge in [-0.1, -0.05) is 88.4 Å². The number of ether oxygens (including phenoxy) is 3. The predicted octanol–water partition coefficient (Wildman–Crippen LogP) is 5.17. The van der Waals surface area contributed by atoms with Crippen LogP contribution in [0.15, 0.2) is 60.7 Å². The molecule has 2 aliphatic heterocycles. The van der Waals surface area contributed by atoms with Crippen LogP contribution < -0.4 is 0 Å². The SMILES string of the molecule is CC1(C)C2CC[C@]1(CS(=O)(=O)N(Cc1ccccc1)[C@H](O[C@@H](C(=O)O)N(Cc1ccccc1)S(=O)(=O)C[C@@]13CC[C@H]([C@H]4CCO[C@H]41)C3(C)C)C(=O)O)[C@H]1OCC[C@@H]21. The molecule has 1 unspecified atom stereocenters. The number of carbonyl (C=O) groups is 2. The molecule has 6 fully saturated rings. The summed E-state index contributed by atoms with van der Waals surface area (Å²) < 4.78 is 80.1. The number of fused-ring (bicyclic) bond motifs is 10. The Morgan fingerprint density at radius 3 is 1.39 bits per heavy atom. The van der Waals surface area contributed by atoms with Gasteiger partial charge in [-0.15, -0.1) is 0 Å². The molecular weight excluding hydrogens is 773 g/mol. The highest BCUT2D eigenvalue weighted by molar-refractivity contribution is 7.89. The first-order chi connectivity index (χ1) is 26.9. The Bertz CT molecular complexity index is 1930. The maximum Gasteiger partial charge on any atom is 0.349 e. The van der Waals surface area contributed by atoms with Crippen LogP contribution in [0, 0.1) is 45.3 Å². The number of carboxylic acid groups (broad SMARTS) is 2. The average Bonchev–Trinajstić information content (AvgIpc) is 3.97. The van der Waals surface area contributed by atoms with Gasteiger partial charge in [-0.05, 0) is 84.2 Å². The lowest BCUT2D eigenvalue weighted by Gasteiger charge is -2.44. The van der Waals surface area contributed by atoms with Crippen LogP contribution in [0.4, 0.5) is 0 Å². The minimum Gasteiger partial charge on any atom is -0.478 e. The van der Waals surface area contributed by atoms with Crippen molar-refractivity contribution < 1.29 is 50.8 Å². The van der Waals surface area contributed by atoms with Gasteiger partial charge in [0.25, 0.3) is 0 Å². The lowest BCUT2D eigenvalue weighted by molar-refractivity contribution is -0.186. The van der Waals surface area contributed by atoms with Crippen LogP contribution in [0.3, 0.4) is 0 Å². The Labute approximate surface area is 336 Å². The third-order valence-electron chi connectivity index (χ3n) is 15.8. The van der Waals surface area contributed by atoms with Crippen LogP contribution in [0.2, 0.25) is 0 Å². The number of sulfonamides is 2. The zero-order chi connectivity index (χ0) is 40.8. The minimum atomic E-state index is -4.58. The summed E-state index contributed by atoms with van der Waals surface area (Å²) in [6.07, 6.45) is -0.984. The second-order valence-electron chi connectivity index (χ2n) is 18.6. The van der Waals surface area contributed by atoms with Crippen molar-refractivity contribution in [2.75, 3.05) is 24.7 Å². The van der Waals surface area contributed by atoms with Gasteiger partial charge >= 0.3 is 11.9 Å². The third-order valence-corrected chi connectivity index (χ3v) is 19.6. The van der Waals surface area contributed by atoms with Crippen molar-refractivity contribution in [3.8, 4) is 0 Å². The van der Waals surface area contributed by atoms with E-state index in [1.165, 1.54) is 0 Å². The molecule has 4 bridgehead atoms. The van der Waals surface area contributed by atoms with E-state index in [1.54, 1.807) is 60.7 Å². The Morgan fingerprint density at radius 1 is 0.667 bits per heavy atom. The van der Waals surface area contributed by atoms with Crippen molar-refractivity contribution in [2.24, 2.45) is 45.3 Å². The fourth-order valence-corrected chi connectivity index (χ4v) is 17.5. The fourth-order valence-electron chi connectivity index (χ4n) is 12.9. The van der Waals surface area contributed by atoms with Crippen molar-refractivity contribution >= 4 is 32.0 Å². The van der Waals surface area contributed by atoms with Crippen LogP contribution in [-0.2, 0) is 56.9 Å². The standard InChI is InChI=1S/C42H56N2O11S2/c1-39(2)31-15-19-41(39,33-29(31)17-21-53-33)25-56(49,50)43(23-27-11-7-5-8-12-27)35(37(45)46)55-36(38(47)48)44(24-28-13-9-6-10-14-28)57(51,52)26-42-20-16-32(40(42,3)4)30-18-22-54-34(30)42/h5-14,29-36H,15-26H2,1-4H3,(H,45,46)(H,47,48)/t29-,30+,31-,32?,33-,34+,35+,36-,41+,42+/m1/s1. The van der Waals surface area contributed by atoms with Crippen molar-refractivity contribution in [3.05, 3.63) is 71.8 Å². The molecule has 0 radical (unpaired) electrons. The van der Waals surface area contributed by atoms with E-state index in [9.17, 15) is 19.8 Å². The van der Waals surface area contributed by atoms with Gasteiger partial charge in [0.2, 0.25) is 32.5 Å². The van der Waals surface area contributed by atoms with Gasteiger partial charge in [0.15, 0.2) is 0 Å². The average molecular weight is 829 g/mol. The molecule has 0 amide bonds. The van der Waals surface area contributed by atoms with Crippen molar-refractivity contribution in [1.82, 2.24) is 8.61 Å². The molecule has 2 heterocycles. The number of aliphatic carboxylic acids is 2. The number of hydrogen-bond donors (Lipinski definition) is 2. The third kappa shape index (κ3) is 6.40. The highest BCUT2D eigenvalue weighted by Crippen LogP contribution is 2.72. The molecular formula is C42H56N2O11S2. The lowest BCUT2D eigenvalue weighted by Crippen LogP contribution is -2.57. The van der Waals surface area contributed by atoms with Gasteiger partial charge < -0.3 is 24.4 Å². The maximum absolute atomic E-state index is 15.0. The summed E-state index contributed by atoms with van der Waals surface area (Å²) >= 11 is 0. The highest BCUT2D eigenvalue weighted by atomic mass is 32.2. The van der Waals surface area contributed by atoms with Gasteiger partial charge in [-0.2, -0.15) is 8.61 Å². The van der Waals surface area contributed by atoms with E-state index >= 15 is 16.8 Å². The normalized spacial score (nSPS) is 34.4. The lowest BCUT2D eigenvalue weighted by atomic mass is 9.69. The highest BCUT2D eigenvalue weighted by Gasteiger charge is 2.72. The van der Waals surface area contributed by atoms with Gasteiger partial charge in [0.1, 0.15) is 0 Å². The van der Waals surface area contributed by atoms with E-state index in [-0.39, 0.29) is 35.9 Å². The van der Waals surface area contributed by atoms with Crippen molar-refractivity contribution in [2.45, 2.75) is 104 Å². The molecule has 6 aliphatic rings. The monoisotopic (exact) mass is 828 g/mol. The fraction of sp³-hybridized carbons (Fsp3) is 0.667. The van der Waals surface area contributed by atoms with Gasteiger partial charge in [0.05, 0.1) is 23.7 Å². The number of hydrogen-bond acceptors (Lipinski definition) is 9. The summed E-state index contributed by atoms with van der Waals surface area (Å²) in [5.74, 6) is -3.54. The van der Waals surface area contributed by atoms with Gasteiger partial charge in [0, 0.05) is 37.1 Å². The molecule has 10 atom stereocenters. The summed E-state index contributed by atoms with van der Waals surface area (Å²) in [6, 6.07) is 16.9. The quantitative estimate of drug-likeness (QED) is 0.214. The Balaban J connectivity index is 1.18. The van der Waals surface area contributed by atoms with Crippen LogP contribution in [-0.4, -0.2) is 97.0 Å². The van der Waals surface area contributed by atoms with Crippen LogP contribution in [0.1, 0.15) is 77.3 Å². The van der Waals surface area contributed by atoms with E-state index in [2.05, 4.69) is 27.7 Å². The molecule has 8 rings (SSSR count). The molecule has 0 aromatic heterocycles. The zero-order valence-electron chi connectivity index (χ0n) is 33.2. The molecule has 2 N–H and O–H groups in total. The summed E-state index contributed by atoms with van der Waals surface area (Å²) in [4.78, 5) is 26.9. The second-order valence-corrected chi connectivity index (χ2v) is 22.5. The molecule has 4 aliphatic carbocycles. The number of benzene rings is 2. The van der Waals surface area contributed by atoms with Gasteiger partial charge in [-0.25, -0.2) is 26.4 Å². The Hall–Kier alpha value is -2.92.